The molecule has 5 nitrogen and oxygen atoms in total. The van der Waals surface area contributed by atoms with E-state index in [2.05, 4.69) is 44.9 Å². The van der Waals surface area contributed by atoms with E-state index in [1.165, 1.54) is 12.8 Å². The van der Waals surface area contributed by atoms with Crippen molar-refractivity contribution in [2.45, 2.75) is 38.1 Å². The van der Waals surface area contributed by atoms with Crippen molar-refractivity contribution >= 4 is 17.6 Å². The summed E-state index contributed by atoms with van der Waals surface area (Å²) in [6, 6.07) is 8.69. The topological polar surface area (TPSA) is 54.2 Å². The molecule has 2 aromatic rings. The molecule has 3 rings (SSSR count). The van der Waals surface area contributed by atoms with Gasteiger partial charge >= 0.3 is 0 Å². The van der Waals surface area contributed by atoms with Gasteiger partial charge in [-0.05, 0) is 50.3 Å². The fourth-order valence-corrected chi connectivity index (χ4v) is 3.33. The third kappa shape index (κ3) is 4.48. The maximum Gasteiger partial charge on any atom is 0.151 e. The summed E-state index contributed by atoms with van der Waals surface area (Å²) in [6.07, 6.45) is 4.45. The van der Waals surface area contributed by atoms with E-state index in [0.29, 0.717) is 6.04 Å². The zero-order chi connectivity index (χ0) is 16.1. The minimum Gasteiger partial charge on any atom is -0.464 e. The number of nitrogens with one attached hydrogen (secondary N) is 1. The molecule has 1 atom stereocenters. The van der Waals surface area contributed by atoms with Crippen molar-refractivity contribution in [1.29, 1.82) is 0 Å². The molecule has 1 N–H and O–H groups in total. The number of anilines is 1. The molecule has 1 unspecified atom stereocenters. The Morgan fingerprint density at radius 3 is 2.91 bits per heavy atom. The lowest BCUT2D eigenvalue weighted by atomic mass is 10.1. The first-order valence-corrected chi connectivity index (χ1v) is 9.49. The number of hydrogen-bond donors (Lipinski definition) is 1. The molecule has 0 radical (unpaired) electrons. The van der Waals surface area contributed by atoms with Crippen LogP contribution < -0.4 is 10.2 Å². The Morgan fingerprint density at radius 1 is 1.26 bits per heavy atom. The lowest BCUT2D eigenvalue weighted by Gasteiger charge is -2.33. The van der Waals surface area contributed by atoms with Crippen LogP contribution in [0.5, 0.6) is 0 Å². The van der Waals surface area contributed by atoms with Crippen molar-refractivity contribution in [2.75, 3.05) is 24.2 Å². The SMILES string of the molecule is CSCc1ccc(CNC2CCCN(c3ccc(C)nn3)C2)o1. The Kier molecular flexibility index (Phi) is 5.56. The second kappa shape index (κ2) is 7.84. The van der Waals surface area contributed by atoms with Crippen LogP contribution in [0, 0.1) is 6.92 Å². The highest BCUT2D eigenvalue weighted by atomic mass is 32.2. The van der Waals surface area contributed by atoms with E-state index in [9.17, 15) is 0 Å². The fraction of sp³-hybridized carbons (Fsp3) is 0.529. The number of hydrogen-bond acceptors (Lipinski definition) is 6. The third-order valence-electron chi connectivity index (χ3n) is 4.10. The summed E-state index contributed by atoms with van der Waals surface area (Å²) in [4.78, 5) is 2.31. The number of aromatic nitrogens is 2. The van der Waals surface area contributed by atoms with Crippen molar-refractivity contribution in [3.05, 3.63) is 41.5 Å². The summed E-state index contributed by atoms with van der Waals surface area (Å²) in [6.45, 7) is 4.77. The lowest BCUT2D eigenvalue weighted by Crippen LogP contribution is -2.45. The molecule has 0 aromatic carbocycles. The molecule has 1 aliphatic rings. The maximum absolute atomic E-state index is 5.82. The van der Waals surface area contributed by atoms with Gasteiger partial charge in [0.15, 0.2) is 5.82 Å². The van der Waals surface area contributed by atoms with Gasteiger partial charge in [0.25, 0.3) is 0 Å². The van der Waals surface area contributed by atoms with Crippen LogP contribution in [-0.4, -0.2) is 35.6 Å². The summed E-state index contributed by atoms with van der Waals surface area (Å²) in [5.74, 6) is 3.97. The van der Waals surface area contributed by atoms with Gasteiger partial charge in [-0.15, -0.1) is 5.10 Å². The highest BCUT2D eigenvalue weighted by Crippen LogP contribution is 2.18. The second-order valence-electron chi connectivity index (χ2n) is 6.00. The van der Waals surface area contributed by atoms with Gasteiger partial charge in [0, 0.05) is 19.1 Å². The van der Waals surface area contributed by atoms with Crippen molar-refractivity contribution in [3.8, 4) is 0 Å². The Balaban J connectivity index is 1.53. The molecular weight excluding hydrogens is 308 g/mol. The predicted molar refractivity (Wildman–Crippen MR) is 94.8 cm³/mol. The first-order valence-electron chi connectivity index (χ1n) is 8.10. The quantitative estimate of drug-likeness (QED) is 0.877. The number of nitrogens with zero attached hydrogens (tertiary/aromatic N) is 3. The van der Waals surface area contributed by atoms with E-state index in [1.807, 2.05) is 13.0 Å². The smallest absolute Gasteiger partial charge is 0.151 e. The largest absolute Gasteiger partial charge is 0.464 e. The average Bonchev–Trinajstić information content (AvgIpc) is 3.02. The minimum absolute atomic E-state index is 0.459. The maximum atomic E-state index is 5.82. The van der Waals surface area contributed by atoms with E-state index < -0.39 is 0 Å². The standard InChI is InChI=1S/C17H24N4OS/c1-13-5-8-17(20-19-13)21-9-3-4-14(11-21)18-10-15-6-7-16(22-15)12-23-2/h5-8,14,18H,3-4,9-12H2,1-2H3. The minimum atomic E-state index is 0.459. The molecule has 0 bridgehead atoms. The second-order valence-corrected chi connectivity index (χ2v) is 6.87. The van der Waals surface area contributed by atoms with Gasteiger partial charge < -0.3 is 14.6 Å². The summed E-state index contributed by atoms with van der Waals surface area (Å²) < 4.78 is 5.82. The van der Waals surface area contributed by atoms with Crippen LogP contribution in [0.4, 0.5) is 5.82 Å². The first kappa shape index (κ1) is 16.3. The molecule has 0 saturated carbocycles. The Bertz CT molecular complexity index is 613. The normalized spacial score (nSPS) is 18.3. The zero-order valence-corrected chi connectivity index (χ0v) is 14.6. The molecule has 6 heteroatoms. The molecule has 1 saturated heterocycles. The highest BCUT2D eigenvalue weighted by Gasteiger charge is 2.21. The number of thioether (sulfide) groups is 1. The van der Waals surface area contributed by atoms with Crippen LogP contribution in [0.3, 0.4) is 0 Å². The first-order chi connectivity index (χ1) is 11.2. The van der Waals surface area contributed by atoms with Crippen molar-refractivity contribution < 1.29 is 4.42 Å². The fourth-order valence-electron chi connectivity index (χ4n) is 2.89. The van der Waals surface area contributed by atoms with E-state index in [1.54, 1.807) is 11.8 Å². The van der Waals surface area contributed by atoms with E-state index in [4.69, 9.17) is 4.42 Å². The summed E-state index contributed by atoms with van der Waals surface area (Å²) in [5.41, 5.74) is 0.958. The van der Waals surface area contributed by atoms with E-state index >= 15 is 0 Å². The van der Waals surface area contributed by atoms with Crippen LogP contribution >= 0.6 is 11.8 Å². The van der Waals surface area contributed by atoms with Crippen LogP contribution in [0.1, 0.15) is 30.1 Å². The zero-order valence-electron chi connectivity index (χ0n) is 13.8. The van der Waals surface area contributed by atoms with Crippen LogP contribution in [0.2, 0.25) is 0 Å². The van der Waals surface area contributed by atoms with Gasteiger partial charge in [0.05, 0.1) is 18.0 Å². The van der Waals surface area contributed by atoms with Gasteiger partial charge in [-0.2, -0.15) is 16.9 Å². The molecule has 2 aromatic heterocycles. The number of rotatable bonds is 6. The molecule has 124 valence electrons. The molecule has 23 heavy (non-hydrogen) atoms. The van der Waals surface area contributed by atoms with Gasteiger partial charge in [0.2, 0.25) is 0 Å². The molecule has 1 aliphatic heterocycles. The molecule has 0 aliphatic carbocycles. The van der Waals surface area contributed by atoms with E-state index in [-0.39, 0.29) is 0 Å². The summed E-state index contributed by atoms with van der Waals surface area (Å²) >= 11 is 1.78. The van der Waals surface area contributed by atoms with E-state index in [0.717, 1.165) is 48.4 Å². The molecule has 1 fully saturated rings. The number of furan rings is 1. The summed E-state index contributed by atoms with van der Waals surface area (Å²) in [7, 11) is 0. The Labute approximate surface area is 141 Å². The average molecular weight is 332 g/mol. The third-order valence-corrected chi connectivity index (χ3v) is 4.67. The lowest BCUT2D eigenvalue weighted by molar-refractivity contribution is 0.388. The van der Waals surface area contributed by atoms with Crippen LogP contribution in [0.15, 0.2) is 28.7 Å². The molecule has 0 amide bonds. The molecular formula is C17H24N4OS. The van der Waals surface area contributed by atoms with Crippen molar-refractivity contribution in [3.63, 3.8) is 0 Å². The summed E-state index contributed by atoms with van der Waals surface area (Å²) in [5, 5.41) is 12.1. The number of aryl methyl sites for hydroxylation is 1. The number of piperidine rings is 1. The Morgan fingerprint density at radius 2 is 2.13 bits per heavy atom. The van der Waals surface area contributed by atoms with Gasteiger partial charge in [0.1, 0.15) is 11.5 Å². The highest BCUT2D eigenvalue weighted by molar-refractivity contribution is 7.97. The molecule has 3 heterocycles. The van der Waals surface area contributed by atoms with Crippen LogP contribution in [-0.2, 0) is 12.3 Å². The van der Waals surface area contributed by atoms with Crippen molar-refractivity contribution in [1.82, 2.24) is 15.5 Å². The van der Waals surface area contributed by atoms with Crippen molar-refractivity contribution in [2.24, 2.45) is 0 Å². The predicted octanol–water partition coefficient (Wildman–Crippen LogP) is 3.00. The van der Waals surface area contributed by atoms with Gasteiger partial charge in [-0.25, -0.2) is 0 Å². The Hall–Kier alpha value is -1.53. The van der Waals surface area contributed by atoms with Gasteiger partial charge in [-0.1, -0.05) is 0 Å². The van der Waals surface area contributed by atoms with Gasteiger partial charge in [-0.3, -0.25) is 0 Å². The molecule has 0 spiro atoms. The van der Waals surface area contributed by atoms with Crippen LogP contribution in [0.25, 0.3) is 0 Å². The monoisotopic (exact) mass is 332 g/mol.